The third kappa shape index (κ3) is 6.79. The van der Waals surface area contributed by atoms with Crippen LogP contribution in [0.1, 0.15) is 30.6 Å². The summed E-state index contributed by atoms with van der Waals surface area (Å²) in [6, 6.07) is 2.74. The van der Waals surface area contributed by atoms with Gasteiger partial charge in [0.05, 0.1) is 10.9 Å². The van der Waals surface area contributed by atoms with E-state index in [0.29, 0.717) is 35.1 Å². The number of likely N-dealkylation sites (tertiary alicyclic amines) is 2. The number of piperazine rings is 1. The molecule has 0 spiro atoms. The van der Waals surface area contributed by atoms with Crippen LogP contribution < -0.4 is 10.0 Å². The van der Waals surface area contributed by atoms with E-state index in [4.69, 9.17) is 11.6 Å². The van der Waals surface area contributed by atoms with E-state index in [-0.39, 0.29) is 24.4 Å². The molecule has 4 heterocycles. The first-order valence-corrected chi connectivity index (χ1v) is 14.5. The monoisotopic (exact) mass is 529 g/mol. The van der Waals surface area contributed by atoms with Gasteiger partial charge in [0.2, 0.25) is 21.8 Å². The van der Waals surface area contributed by atoms with Crippen LogP contribution in [-0.2, 0) is 19.6 Å². The van der Waals surface area contributed by atoms with E-state index in [1.54, 1.807) is 12.1 Å². The lowest BCUT2D eigenvalue weighted by Gasteiger charge is -2.36. The number of carbonyl (C=O) groups excluding carboxylic acids is 2. The zero-order valence-corrected chi connectivity index (χ0v) is 21.5. The van der Waals surface area contributed by atoms with E-state index in [9.17, 15) is 18.0 Å². The molecule has 34 heavy (non-hydrogen) atoms. The first-order chi connectivity index (χ1) is 16.3. The second-order valence-corrected chi connectivity index (χ2v) is 12.3. The maximum atomic E-state index is 13.1. The molecule has 1 aromatic heterocycles. The first-order valence-electron chi connectivity index (χ1n) is 11.8. The Balaban J connectivity index is 1.32. The minimum atomic E-state index is -3.82. The maximum Gasteiger partial charge on any atom is 0.242 e. The fraction of sp³-hybridized carbons (Fsp3) is 0.636. The Hall–Kier alpha value is -1.50. The molecule has 4 rings (SSSR count). The summed E-state index contributed by atoms with van der Waals surface area (Å²) in [5.41, 5.74) is 0. The fourth-order valence-corrected chi connectivity index (χ4v) is 6.89. The summed E-state index contributed by atoms with van der Waals surface area (Å²) >= 11 is 7.15. The van der Waals surface area contributed by atoms with Crippen molar-refractivity contribution in [3.63, 3.8) is 0 Å². The second kappa shape index (κ2) is 11.5. The van der Waals surface area contributed by atoms with Crippen molar-refractivity contribution in [2.75, 3.05) is 52.4 Å². The molecule has 12 heteroatoms. The van der Waals surface area contributed by atoms with Gasteiger partial charge < -0.3 is 15.1 Å². The van der Waals surface area contributed by atoms with Crippen molar-refractivity contribution in [2.45, 2.75) is 37.8 Å². The number of rotatable bonds is 8. The second-order valence-electron chi connectivity index (χ2n) is 9.00. The molecule has 3 aliphatic heterocycles. The quantitative estimate of drug-likeness (QED) is 0.524. The van der Waals surface area contributed by atoms with Crippen LogP contribution in [0.3, 0.4) is 0 Å². The predicted octanol–water partition coefficient (Wildman–Crippen LogP) is 1.18. The van der Waals surface area contributed by atoms with Crippen molar-refractivity contribution in [1.82, 2.24) is 24.7 Å². The number of halogens is 1. The number of thiophene rings is 1. The van der Waals surface area contributed by atoms with Gasteiger partial charge in [0.25, 0.3) is 0 Å². The van der Waals surface area contributed by atoms with Crippen LogP contribution in [0, 0.1) is 0 Å². The Morgan fingerprint density at radius 1 is 1.18 bits per heavy atom. The average Bonchev–Trinajstić information content (AvgIpc) is 3.44. The molecule has 0 radical (unpaired) electrons. The summed E-state index contributed by atoms with van der Waals surface area (Å²) in [7, 11) is -3.82. The Bertz CT molecular complexity index is 1010. The van der Waals surface area contributed by atoms with E-state index < -0.39 is 16.1 Å². The molecule has 2 unspecified atom stereocenters. The largest absolute Gasteiger partial charge is 0.337 e. The minimum absolute atomic E-state index is 0.00134. The molecule has 2 N–H and O–H groups in total. The lowest BCUT2D eigenvalue weighted by Crippen LogP contribution is -2.55. The summed E-state index contributed by atoms with van der Waals surface area (Å²) in [4.78, 5) is 32.6. The zero-order chi connectivity index (χ0) is 24.1. The van der Waals surface area contributed by atoms with Crippen molar-refractivity contribution >= 4 is 50.9 Å². The van der Waals surface area contributed by atoms with Crippen LogP contribution >= 0.6 is 22.9 Å². The summed E-state index contributed by atoms with van der Waals surface area (Å²) in [5.74, 6) is -0.391. The van der Waals surface area contributed by atoms with Gasteiger partial charge in [0, 0.05) is 62.1 Å². The highest BCUT2D eigenvalue weighted by Crippen LogP contribution is 2.23. The van der Waals surface area contributed by atoms with Crippen LogP contribution in [0.2, 0.25) is 4.34 Å². The number of sulfonamides is 1. The lowest BCUT2D eigenvalue weighted by molar-refractivity contribution is -0.143. The zero-order valence-electron chi connectivity index (χ0n) is 19.1. The van der Waals surface area contributed by atoms with Crippen molar-refractivity contribution < 1.29 is 18.0 Å². The molecule has 3 fully saturated rings. The van der Waals surface area contributed by atoms with Gasteiger partial charge in [0.1, 0.15) is 6.04 Å². The predicted molar refractivity (Wildman–Crippen MR) is 134 cm³/mol. The minimum Gasteiger partial charge on any atom is -0.337 e. The average molecular weight is 530 g/mol. The third-order valence-corrected chi connectivity index (χ3v) is 8.85. The van der Waals surface area contributed by atoms with E-state index >= 15 is 0 Å². The van der Waals surface area contributed by atoms with E-state index in [2.05, 4.69) is 14.9 Å². The molecule has 0 saturated carbocycles. The van der Waals surface area contributed by atoms with Gasteiger partial charge in [-0.3, -0.25) is 14.5 Å². The topological polar surface area (TPSA) is 102 Å². The highest BCUT2D eigenvalue weighted by Gasteiger charge is 2.35. The number of nitrogens with one attached hydrogen (secondary N) is 2. The SMILES string of the molecule is O=C1C(NS(=O)(=O)/C=C/c2ccc(Cl)s2)CCCN1CC(=O)N1CCCC1CN1CCNCC1. The molecule has 2 atom stereocenters. The summed E-state index contributed by atoms with van der Waals surface area (Å²) in [5, 5.41) is 4.40. The number of amides is 2. The van der Waals surface area contributed by atoms with Gasteiger partial charge in [-0.1, -0.05) is 11.6 Å². The summed E-state index contributed by atoms with van der Waals surface area (Å²) in [6.45, 7) is 5.95. The molecule has 188 valence electrons. The molecule has 3 aliphatic rings. The molecule has 2 amide bonds. The van der Waals surface area contributed by atoms with Crippen molar-refractivity contribution in [2.24, 2.45) is 0 Å². The standard InChI is InChI=1S/C22H32ClN5O4S2/c23-20-6-5-18(33-20)7-14-34(31,32)25-19-4-2-10-27(22(19)30)16-21(29)28-11-1-3-17(28)15-26-12-8-24-9-13-26/h5-7,14,17,19,24-25H,1-4,8-13,15-16H2/b14-7+. The van der Waals surface area contributed by atoms with Crippen LogP contribution in [-0.4, -0.2) is 99.4 Å². The van der Waals surface area contributed by atoms with Crippen LogP contribution in [0.25, 0.3) is 6.08 Å². The van der Waals surface area contributed by atoms with Gasteiger partial charge in [0.15, 0.2) is 0 Å². The Labute approximate surface area is 210 Å². The first kappa shape index (κ1) is 25.6. The normalized spacial score (nSPS) is 24.9. The molecule has 0 bridgehead atoms. The molecule has 0 aliphatic carbocycles. The Morgan fingerprint density at radius 3 is 2.68 bits per heavy atom. The van der Waals surface area contributed by atoms with Gasteiger partial charge in [-0.2, -0.15) is 4.72 Å². The summed E-state index contributed by atoms with van der Waals surface area (Å²) in [6.07, 6.45) is 4.46. The molecule has 9 nitrogen and oxygen atoms in total. The van der Waals surface area contributed by atoms with Crippen LogP contribution in [0.5, 0.6) is 0 Å². The van der Waals surface area contributed by atoms with Gasteiger partial charge >= 0.3 is 0 Å². The highest BCUT2D eigenvalue weighted by molar-refractivity contribution is 7.92. The lowest BCUT2D eigenvalue weighted by atomic mass is 10.1. The van der Waals surface area contributed by atoms with E-state index in [1.165, 1.54) is 22.3 Å². The van der Waals surface area contributed by atoms with Gasteiger partial charge in [-0.15, -0.1) is 11.3 Å². The Morgan fingerprint density at radius 2 is 1.94 bits per heavy atom. The van der Waals surface area contributed by atoms with Crippen LogP contribution in [0.15, 0.2) is 17.5 Å². The third-order valence-electron chi connectivity index (χ3n) is 6.54. The van der Waals surface area contributed by atoms with Crippen molar-refractivity contribution in [3.05, 3.63) is 26.8 Å². The van der Waals surface area contributed by atoms with Gasteiger partial charge in [-0.25, -0.2) is 8.42 Å². The smallest absolute Gasteiger partial charge is 0.242 e. The number of piperidine rings is 1. The summed E-state index contributed by atoms with van der Waals surface area (Å²) < 4.78 is 28.1. The molecular formula is C22H32ClN5O4S2. The van der Waals surface area contributed by atoms with Crippen LogP contribution in [0.4, 0.5) is 0 Å². The number of nitrogens with zero attached hydrogens (tertiary/aromatic N) is 3. The molecular weight excluding hydrogens is 498 g/mol. The molecule has 0 aromatic carbocycles. The number of hydrogen-bond donors (Lipinski definition) is 2. The Kier molecular flexibility index (Phi) is 8.65. The van der Waals surface area contributed by atoms with E-state index in [1.807, 2.05) is 4.90 Å². The van der Waals surface area contributed by atoms with Crippen molar-refractivity contribution in [3.8, 4) is 0 Å². The van der Waals surface area contributed by atoms with Gasteiger partial charge in [-0.05, 0) is 43.9 Å². The molecule has 3 saturated heterocycles. The number of hydrogen-bond acceptors (Lipinski definition) is 7. The van der Waals surface area contributed by atoms with E-state index in [0.717, 1.165) is 51.0 Å². The van der Waals surface area contributed by atoms with Crippen molar-refractivity contribution in [1.29, 1.82) is 0 Å². The maximum absolute atomic E-state index is 13.1. The fourth-order valence-electron chi connectivity index (χ4n) is 4.82. The number of carbonyl (C=O) groups is 2. The highest BCUT2D eigenvalue weighted by atomic mass is 35.5. The molecule has 1 aromatic rings.